The number of benzene rings is 2. The van der Waals surface area contributed by atoms with Crippen LogP contribution in [-0.2, 0) is 4.79 Å². The molecule has 1 aliphatic carbocycles. The van der Waals surface area contributed by atoms with Gasteiger partial charge in [-0.1, -0.05) is 37.5 Å². The molecule has 1 saturated carbocycles. The van der Waals surface area contributed by atoms with Crippen LogP contribution in [0.25, 0.3) is 0 Å². The van der Waals surface area contributed by atoms with E-state index in [4.69, 9.17) is 9.47 Å². The monoisotopic (exact) mass is 487 g/mol. The Hall–Kier alpha value is -3.87. The van der Waals surface area contributed by atoms with Crippen LogP contribution in [0.1, 0.15) is 61.1 Å². The molecule has 188 valence electrons. The highest BCUT2D eigenvalue weighted by Gasteiger charge is 2.35. The van der Waals surface area contributed by atoms with Crippen LogP contribution in [0.5, 0.6) is 11.5 Å². The quantitative estimate of drug-likeness (QED) is 0.442. The SMILES string of the molecule is CCOc1ccc(N(C(=O)c2ccccn2)[C@@H](C(=O)NC2CCCCC2)c2ccc(OC)cc2)cc1. The lowest BCUT2D eigenvalue weighted by molar-refractivity contribution is -0.123. The van der Waals surface area contributed by atoms with E-state index >= 15 is 0 Å². The molecule has 0 radical (unpaired) electrons. The van der Waals surface area contributed by atoms with Crippen molar-refractivity contribution >= 4 is 17.5 Å². The lowest BCUT2D eigenvalue weighted by atomic mass is 9.94. The molecule has 2 aromatic carbocycles. The van der Waals surface area contributed by atoms with Crippen LogP contribution < -0.4 is 19.7 Å². The van der Waals surface area contributed by atoms with Crippen LogP contribution in [0.2, 0.25) is 0 Å². The molecule has 0 unspecified atom stereocenters. The van der Waals surface area contributed by atoms with Crippen molar-refractivity contribution in [1.29, 1.82) is 0 Å². The summed E-state index contributed by atoms with van der Waals surface area (Å²) in [5, 5.41) is 3.23. The minimum absolute atomic E-state index is 0.0964. The fraction of sp³-hybridized carbons (Fsp3) is 0.345. The van der Waals surface area contributed by atoms with E-state index in [2.05, 4.69) is 10.3 Å². The maximum Gasteiger partial charge on any atom is 0.277 e. The summed E-state index contributed by atoms with van der Waals surface area (Å²) in [7, 11) is 1.60. The molecule has 1 heterocycles. The Morgan fingerprint density at radius 2 is 1.67 bits per heavy atom. The Bertz CT molecular complexity index is 1130. The highest BCUT2D eigenvalue weighted by Crippen LogP contribution is 2.32. The van der Waals surface area contributed by atoms with Crippen molar-refractivity contribution in [2.24, 2.45) is 0 Å². The Morgan fingerprint density at radius 1 is 0.972 bits per heavy atom. The number of hydrogen-bond donors (Lipinski definition) is 1. The van der Waals surface area contributed by atoms with E-state index in [1.54, 1.807) is 55.8 Å². The molecule has 1 aliphatic rings. The Morgan fingerprint density at radius 3 is 2.28 bits per heavy atom. The lowest BCUT2D eigenvalue weighted by Crippen LogP contribution is -2.47. The van der Waals surface area contributed by atoms with Gasteiger partial charge in [-0.3, -0.25) is 19.5 Å². The average Bonchev–Trinajstić information content (AvgIpc) is 2.93. The van der Waals surface area contributed by atoms with Gasteiger partial charge in [-0.15, -0.1) is 0 Å². The number of ether oxygens (including phenoxy) is 2. The first-order valence-corrected chi connectivity index (χ1v) is 12.5. The molecule has 0 saturated heterocycles. The number of aromatic nitrogens is 1. The maximum absolute atomic E-state index is 13.9. The molecule has 1 aromatic heterocycles. The van der Waals surface area contributed by atoms with E-state index in [9.17, 15) is 9.59 Å². The van der Waals surface area contributed by atoms with Crippen molar-refractivity contribution in [3.05, 3.63) is 84.2 Å². The third-order valence-electron chi connectivity index (χ3n) is 6.42. The zero-order valence-electron chi connectivity index (χ0n) is 20.9. The van der Waals surface area contributed by atoms with Crippen molar-refractivity contribution < 1.29 is 19.1 Å². The molecule has 3 aromatic rings. The van der Waals surface area contributed by atoms with Crippen LogP contribution in [0, 0.1) is 0 Å². The van der Waals surface area contributed by atoms with Gasteiger partial charge in [0.25, 0.3) is 5.91 Å². The van der Waals surface area contributed by atoms with E-state index < -0.39 is 6.04 Å². The molecule has 2 amide bonds. The zero-order chi connectivity index (χ0) is 25.3. The highest BCUT2D eigenvalue weighted by atomic mass is 16.5. The van der Waals surface area contributed by atoms with Crippen LogP contribution >= 0.6 is 0 Å². The van der Waals surface area contributed by atoms with Gasteiger partial charge in [0.1, 0.15) is 23.2 Å². The molecular formula is C29H33N3O4. The number of methoxy groups -OCH3 is 1. The van der Waals surface area contributed by atoms with Crippen molar-refractivity contribution in [2.45, 2.75) is 51.1 Å². The fourth-order valence-corrected chi connectivity index (χ4v) is 4.60. The topological polar surface area (TPSA) is 80.8 Å². The van der Waals surface area contributed by atoms with Crippen LogP contribution in [-0.4, -0.2) is 36.6 Å². The van der Waals surface area contributed by atoms with Crippen LogP contribution in [0.15, 0.2) is 72.9 Å². The average molecular weight is 488 g/mol. The summed E-state index contributed by atoms with van der Waals surface area (Å²) in [6.07, 6.45) is 6.83. The third kappa shape index (κ3) is 6.03. The van der Waals surface area contributed by atoms with Crippen molar-refractivity contribution in [3.63, 3.8) is 0 Å². The van der Waals surface area contributed by atoms with Crippen molar-refractivity contribution in [2.75, 3.05) is 18.6 Å². The van der Waals surface area contributed by atoms with Gasteiger partial charge in [0.2, 0.25) is 5.91 Å². The summed E-state index contributed by atoms with van der Waals surface area (Å²) in [5.41, 5.74) is 1.52. The molecule has 36 heavy (non-hydrogen) atoms. The van der Waals surface area contributed by atoms with Gasteiger partial charge in [-0.2, -0.15) is 0 Å². The smallest absolute Gasteiger partial charge is 0.277 e. The third-order valence-corrected chi connectivity index (χ3v) is 6.42. The number of carbonyl (C=O) groups is 2. The van der Waals surface area contributed by atoms with Gasteiger partial charge in [0, 0.05) is 17.9 Å². The van der Waals surface area contributed by atoms with Gasteiger partial charge < -0.3 is 14.8 Å². The molecule has 7 heteroatoms. The molecule has 4 rings (SSSR count). The number of nitrogens with one attached hydrogen (secondary N) is 1. The van der Waals surface area contributed by atoms with Crippen molar-refractivity contribution in [3.8, 4) is 11.5 Å². The van der Waals surface area contributed by atoms with E-state index in [-0.39, 0.29) is 23.6 Å². The minimum Gasteiger partial charge on any atom is -0.497 e. The van der Waals surface area contributed by atoms with E-state index in [1.165, 1.54) is 11.3 Å². The van der Waals surface area contributed by atoms with Gasteiger partial charge in [0.05, 0.1) is 13.7 Å². The summed E-state index contributed by atoms with van der Waals surface area (Å²) in [4.78, 5) is 33.6. The Kier molecular flexibility index (Phi) is 8.55. The van der Waals surface area contributed by atoms with Crippen molar-refractivity contribution in [1.82, 2.24) is 10.3 Å². The molecule has 7 nitrogen and oxygen atoms in total. The number of anilines is 1. The number of rotatable bonds is 9. The number of hydrogen-bond acceptors (Lipinski definition) is 5. The summed E-state index contributed by atoms with van der Waals surface area (Å²) in [6.45, 7) is 2.45. The second-order valence-corrected chi connectivity index (χ2v) is 8.84. The molecule has 1 N–H and O–H groups in total. The van der Waals surface area contributed by atoms with Gasteiger partial charge in [-0.25, -0.2) is 0 Å². The Balaban J connectivity index is 1.78. The second-order valence-electron chi connectivity index (χ2n) is 8.84. The number of nitrogens with zero attached hydrogens (tertiary/aromatic N) is 2. The second kappa shape index (κ2) is 12.2. The maximum atomic E-state index is 13.9. The predicted octanol–water partition coefficient (Wildman–Crippen LogP) is 5.33. The predicted molar refractivity (Wildman–Crippen MR) is 139 cm³/mol. The summed E-state index contributed by atoms with van der Waals surface area (Å²) >= 11 is 0. The standard InChI is InChI=1S/C29H33N3O4/c1-3-36-25-18-14-23(15-19-25)32(29(34)26-11-7-8-20-30-26)27(21-12-16-24(35-2)17-13-21)28(33)31-22-9-5-4-6-10-22/h7-8,11-20,22,27H,3-6,9-10H2,1-2H3,(H,31,33)/t27-/m1/s1. The normalized spacial score (nSPS) is 14.5. The van der Waals surface area contributed by atoms with Crippen LogP contribution in [0.3, 0.4) is 0 Å². The first-order chi connectivity index (χ1) is 17.6. The highest BCUT2D eigenvalue weighted by molar-refractivity contribution is 6.09. The summed E-state index contributed by atoms with van der Waals surface area (Å²) in [5.74, 6) is 0.789. The molecule has 1 atom stereocenters. The summed E-state index contributed by atoms with van der Waals surface area (Å²) in [6, 6.07) is 18.9. The van der Waals surface area contributed by atoms with E-state index in [0.717, 1.165) is 25.7 Å². The van der Waals surface area contributed by atoms with Gasteiger partial charge in [0.15, 0.2) is 0 Å². The first-order valence-electron chi connectivity index (χ1n) is 12.5. The summed E-state index contributed by atoms with van der Waals surface area (Å²) < 4.78 is 10.9. The molecular weight excluding hydrogens is 454 g/mol. The lowest BCUT2D eigenvalue weighted by Gasteiger charge is -2.33. The van der Waals surface area contributed by atoms with E-state index in [0.29, 0.717) is 29.4 Å². The molecule has 0 bridgehead atoms. The number of carbonyl (C=O) groups excluding carboxylic acids is 2. The number of pyridine rings is 1. The Labute approximate surface area is 212 Å². The zero-order valence-corrected chi connectivity index (χ0v) is 20.9. The van der Waals surface area contributed by atoms with Gasteiger partial charge in [-0.05, 0) is 73.9 Å². The molecule has 0 spiro atoms. The largest absolute Gasteiger partial charge is 0.497 e. The molecule has 1 fully saturated rings. The minimum atomic E-state index is -0.898. The first kappa shape index (κ1) is 25.2. The van der Waals surface area contributed by atoms with Gasteiger partial charge >= 0.3 is 0 Å². The van der Waals surface area contributed by atoms with E-state index in [1.807, 2.05) is 31.2 Å². The molecule has 0 aliphatic heterocycles. The number of amides is 2. The van der Waals surface area contributed by atoms with Crippen LogP contribution in [0.4, 0.5) is 5.69 Å². The fourth-order valence-electron chi connectivity index (χ4n) is 4.60.